The van der Waals surface area contributed by atoms with E-state index in [-0.39, 0.29) is 5.91 Å². The van der Waals surface area contributed by atoms with Crippen molar-refractivity contribution in [2.45, 2.75) is 0 Å². The summed E-state index contributed by atoms with van der Waals surface area (Å²) in [6.45, 7) is 0. The zero-order valence-electron chi connectivity index (χ0n) is 12.2. The number of ether oxygens (including phenoxy) is 1. The lowest BCUT2D eigenvalue weighted by atomic mass is 10.2. The molecule has 0 aliphatic rings. The quantitative estimate of drug-likeness (QED) is 0.798. The van der Waals surface area contributed by atoms with Crippen molar-refractivity contribution in [1.29, 1.82) is 0 Å². The highest BCUT2D eigenvalue weighted by Gasteiger charge is 2.15. The van der Waals surface area contributed by atoms with Crippen LogP contribution < -0.4 is 10.1 Å². The number of anilines is 1. The van der Waals surface area contributed by atoms with Crippen molar-refractivity contribution in [3.8, 4) is 11.6 Å². The molecule has 6 nitrogen and oxygen atoms in total. The number of hydrogen-bond acceptors (Lipinski definition) is 4. The molecule has 3 rings (SSSR count). The average molecular weight is 329 g/mol. The Morgan fingerprint density at radius 3 is 2.87 bits per heavy atom. The number of aromatic nitrogens is 3. The Labute approximate surface area is 137 Å². The molecule has 2 aromatic heterocycles. The average Bonchev–Trinajstić information content (AvgIpc) is 3.09. The SMILES string of the molecule is COc1ccc(Cl)cc1C(=O)Nc1cccnc1-n1cccn1. The molecule has 0 aliphatic carbocycles. The second kappa shape index (κ2) is 6.50. The molecular weight excluding hydrogens is 316 g/mol. The second-order valence-electron chi connectivity index (χ2n) is 4.62. The van der Waals surface area contributed by atoms with Crippen molar-refractivity contribution in [2.75, 3.05) is 12.4 Å². The molecule has 0 atom stereocenters. The van der Waals surface area contributed by atoms with Gasteiger partial charge in [-0.15, -0.1) is 0 Å². The molecule has 116 valence electrons. The predicted molar refractivity (Wildman–Crippen MR) is 87.3 cm³/mol. The van der Waals surface area contributed by atoms with Crippen LogP contribution in [0.4, 0.5) is 5.69 Å². The molecule has 23 heavy (non-hydrogen) atoms. The Morgan fingerprint density at radius 2 is 2.13 bits per heavy atom. The van der Waals surface area contributed by atoms with Crippen LogP contribution in [0.15, 0.2) is 55.0 Å². The molecule has 0 saturated heterocycles. The maximum absolute atomic E-state index is 12.6. The Morgan fingerprint density at radius 1 is 1.26 bits per heavy atom. The molecule has 3 aromatic rings. The van der Waals surface area contributed by atoms with Gasteiger partial charge in [-0.05, 0) is 36.4 Å². The van der Waals surface area contributed by atoms with Gasteiger partial charge < -0.3 is 10.1 Å². The summed E-state index contributed by atoms with van der Waals surface area (Å²) in [5.74, 6) is 0.619. The minimum Gasteiger partial charge on any atom is -0.496 e. The summed E-state index contributed by atoms with van der Waals surface area (Å²) in [6.07, 6.45) is 5.02. The van der Waals surface area contributed by atoms with Crippen molar-refractivity contribution < 1.29 is 9.53 Å². The van der Waals surface area contributed by atoms with Gasteiger partial charge in [-0.1, -0.05) is 11.6 Å². The summed E-state index contributed by atoms with van der Waals surface area (Å²) < 4.78 is 6.78. The normalized spacial score (nSPS) is 10.3. The first-order valence-electron chi connectivity index (χ1n) is 6.79. The van der Waals surface area contributed by atoms with Gasteiger partial charge in [-0.2, -0.15) is 5.10 Å². The monoisotopic (exact) mass is 328 g/mol. The summed E-state index contributed by atoms with van der Waals surface area (Å²) in [6, 6.07) is 10.1. The van der Waals surface area contributed by atoms with Gasteiger partial charge in [0.15, 0.2) is 5.82 Å². The van der Waals surface area contributed by atoms with Crippen LogP contribution in [0.2, 0.25) is 5.02 Å². The number of halogens is 1. The molecule has 0 radical (unpaired) electrons. The first-order chi connectivity index (χ1) is 11.2. The standard InChI is InChI=1S/C16H13ClN4O2/c1-23-14-6-5-11(17)10-12(14)16(22)20-13-4-2-7-18-15(13)21-9-3-8-19-21/h2-10H,1H3,(H,20,22). The van der Waals surface area contributed by atoms with Crippen molar-refractivity contribution in [3.63, 3.8) is 0 Å². The van der Waals surface area contributed by atoms with Gasteiger partial charge in [0.05, 0.1) is 18.4 Å². The van der Waals surface area contributed by atoms with Gasteiger partial charge in [-0.3, -0.25) is 4.79 Å². The van der Waals surface area contributed by atoms with E-state index >= 15 is 0 Å². The molecule has 2 heterocycles. The van der Waals surface area contributed by atoms with Crippen LogP contribution in [-0.2, 0) is 0 Å². The zero-order chi connectivity index (χ0) is 16.2. The van der Waals surface area contributed by atoms with E-state index in [4.69, 9.17) is 16.3 Å². The molecule has 1 aromatic carbocycles. The first-order valence-corrected chi connectivity index (χ1v) is 7.17. The third-order valence-corrected chi connectivity index (χ3v) is 3.40. The van der Waals surface area contributed by atoms with Crippen LogP contribution in [0.3, 0.4) is 0 Å². The minimum atomic E-state index is -0.342. The fraction of sp³-hybridized carbons (Fsp3) is 0.0625. The topological polar surface area (TPSA) is 69.0 Å². The molecule has 0 bridgehead atoms. The predicted octanol–water partition coefficient (Wildman–Crippen LogP) is 3.18. The molecule has 0 saturated carbocycles. The number of amides is 1. The second-order valence-corrected chi connectivity index (χ2v) is 5.06. The third kappa shape index (κ3) is 3.17. The molecule has 7 heteroatoms. The van der Waals surface area contributed by atoms with E-state index in [0.29, 0.717) is 27.8 Å². The number of benzene rings is 1. The van der Waals surface area contributed by atoms with Gasteiger partial charge in [-0.25, -0.2) is 9.67 Å². The number of carbonyl (C=O) groups excluding carboxylic acids is 1. The Hall–Kier alpha value is -2.86. The first kappa shape index (κ1) is 15.1. The molecule has 0 unspecified atom stereocenters. The Balaban J connectivity index is 1.94. The van der Waals surface area contributed by atoms with Crippen LogP contribution in [0.1, 0.15) is 10.4 Å². The van der Waals surface area contributed by atoms with Crippen molar-refractivity contribution in [1.82, 2.24) is 14.8 Å². The molecule has 0 fully saturated rings. The van der Waals surface area contributed by atoms with E-state index in [1.807, 2.05) is 0 Å². The Kier molecular flexibility index (Phi) is 4.25. The minimum absolute atomic E-state index is 0.342. The summed E-state index contributed by atoms with van der Waals surface area (Å²) >= 11 is 5.97. The fourth-order valence-electron chi connectivity index (χ4n) is 2.12. The Bertz CT molecular complexity index is 834. The lowest BCUT2D eigenvalue weighted by Crippen LogP contribution is -2.15. The summed E-state index contributed by atoms with van der Waals surface area (Å²) in [4.78, 5) is 16.8. The number of nitrogens with zero attached hydrogens (tertiary/aromatic N) is 3. The number of hydrogen-bond donors (Lipinski definition) is 1. The lowest BCUT2D eigenvalue weighted by Gasteiger charge is -2.12. The number of methoxy groups -OCH3 is 1. The molecule has 0 spiro atoms. The van der Waals surface area contributed by atoms with E-state index in [2.05, 4.69) is 15.4 Å². The van der Waals surface area contributed by atoms with Gasteiger partial charge in [0.2, 0.25) is 0 Å². The summed E-state index contributed by atoms with van der Waals surface area (Å²) in [7, 11) is 1.50. The van der Waals surface area contributed by atoms with Crippen LogP contribution in [-0.4, -0.2) is 27.8 Å². The van der Waals surface area contributed by atoms with Crippen LogP contribution in [0.5, 0.6) is 5.75 Å². The fourth-order valence-corrected chi connectivity index (χ4v) is 2.29. The van der Waals surface area contributed by atoms with Crippen molar-refractivity contribution in [2.24, 2.45) is 0 Å². The third-order valence-electron chi connectivity index (χ3n) is 3.16. The van der Waals surface area contributed by atoms with Gasteiger partial charge in [0, 0.05) is 23.6 Å². The molecule has 1 N–H and O–H groups in total. The number of nitrogens with one attached hydrogen (secondary N) is 1. The van der Waals surface area contributed by atoms with E-state index in [9.17, 15) is 4.79 Å². The molecule has 1 amide bonds. The van der Waals surface area contributed by atoms with E-state index < -0.39 is 0 Å². The highest BCUT2D eigenvalue weighted by atomic mass is 35.5. The van der Waals surface area contributed by atoms with Crippen molar-refractivity contribution >= 4 is 23.2 Å². The van der Waals surface area contributed by atoms with Crippen LogP contribution in [0.25, 0.3) is 5.82 Å². The van der Waals surface area contributed by atoms with Gasteiger partial charge in [0.25, 0.3) is 5.91 Å². The summed E-state index contributed by atoms with van der Waals surface area (Å²) in [5, 5.41) is 7.40. The highest BCUT2D eigenvalue weighted by Crippen LogP contribution is 2.24. The number of carbonyl (C=O) groups is 1. The van der Waals surface area contributed by atoms with Crippen LogP contribution >= 0.6 is 11.6 Å². The van der Waals surface area contributed by atoms with E-state index in [1.165, 1.54) is 7.11 Å². The highest BCUT2D eigenvalue weighted by molar-refractivity contribution is 6.31. The van der Waals surface area contributed by atoms with E-state index in [0.717, 1.165) is 0 Å². The lowest BCUT2D eigenvalue weighted by molar-refractivity contribution is 0.102. The molecule has 0 aliphatic heterocycles. The zero-order valence-corrected chi connectivity index (χ0v) is 13.0. The maximum atomic E-state index is 12.6. The van der Waals surface area contributed by atoms with Gasteiger partial charge >= 0.3 is 0 Å². The number of rotatable bonds is 4. The van der Waals surface area contributed by atoms with Crippen LogP contribution in [0, 0.1) is 0 Å². The summed E-state index contributed by atoms with van der Waals surface area (Å²) in [5.41, 5.74) is 0.874. The van der Waals surface area contributed by atoms with E-state index in [1.54, 1.807) is 59.7 Å². The van der Waals surface area contributed by atoms with Crippen molar-refractivity contribution in [3.05, 3.63) is 65.6 Å². The van der Waals surface area contributed by atoms with Gasteiger partial charge in [0.1, 0.15) is 5.75 Å². The largest absolute Gasteiger partial charge is 0.496 e. The number of pyridine rings is 1. The maximum Gasteiger partial charge on any atom is 0.259 e. The smallest absolute Gasteiger partial charge is 0.259 e. The molecular formula is C16H13ClN4O2.